The van der Waals surface area contributed by atoms with Gasteiger partial charge in [0.25, 0.3) is 5.91 Å². The predicted octanol–water partition coefficient (Wildman–Crippen LogP) is 8.76. The molecule has 4 aromatic rings. The van der Waals surface area contributed by atoms with Gasteiger partial charge in [-0.3, -0.25) is 4.79 Å². The van der Waals surface area contributed by atoms with E-state index in [4.69, 9.17) is 14.5 Å². The van der Waals surface area contributed by atoms with Gasteiger partial charge in [-0.25, -0.2) is 9.78 Å². The maximum absolute atomic E-state index is 13.6. The number of methoxy groups -OCH3 is 1. The summed E-state index contributed by atoms with van der Waals surface area (Å²) in [4.78, 5) is 33.5. The second-order valence-electron chi connectivity index (χ2n) is 13.3. The van der Waals surface area contributed by atoms with E-state index in [1.807, 2.05) is 36.4 Å². The van der Waals surface area contributed by atoms with Crippen LogP contribution in [0.25, 0.3) is 10.8 Å². The Labute approximate surface area is 265 Å². The molecule has 0 aliphatic heterocycles. The van der Waals surface area contributed by atoms with Crippen molar-refractivity contribution in [1.82, 2.24) is 10.3 Å². The molecule has 1 atom stereocenters. The Balaban J connectivity index is 1.42. The fraction of sp³-hybridized carbons (Fsp3) is 0.432. The van der Waals surface area contributed by atoms with Gasteiger partial charge >= 0.3 is 5.97 Å². The van der Waals surface area contributed by atoms with Gasteiger partial charge in [0.2, 0.25) is 0 Å². The zero-order chi connectivity index (χ0) is 31.4. The van der Waals surface area contributed by atoms with Gasteiger partial charge < -0.3 is 14.8 Å². The average molecular weight is 613 g/mol. The zero-order valence-electron chi connectivity index (χ0n) is 26.7. The van der Waals surface area contributed by atoms with Crippen molar-refractivity contribution < 1.29 is 19.1 Å². The summed E-state index contributed by atoms with van der Waals surface area (Å²) >= 11 is 1.66. The van der Waals surface area contributed by atoms with Gasteiger partial charge in [-0.15, -0.1) is 11.3 Å². The lowest BCUT2D eigenvalue weighted by Crippen LogP contribution is -2.43. The lowest BCUT2D eigenvalue weighted by Gasteiger charge is -2.19. The Morgan fingerprint density at radius 2 is 1.68 bits per heavy atom. The molecule has 1 aliphatic carbocycles. The van der Waals surface area contributed by atoms with Crippen LogP contribution in [0.5, 0.6) is 11.5 Å². The monoisotopic (exact) mass is 612 g/mol. The minimum atomic E-state index is -0.803. The molecular formula is C37H44N2O4S. The van der Waals surface area contributed by atoms with Gasteiger partial charge in [-0.05, 0) is 77.1 Å². The Morgan fingerprint density at radius 1 is 0.977 bits per heavy atom. The van der Waals surface area contributed by atoms with Crippen LogP contribution in [0.4, 0.5) is 0 Å². The second-order valence-corrected chi connectivity index (χ2v) is 14.5. The number of amides is 1. The summed E-state index contributed by atoms with van der Waals surface area (Å²) in [6.07, 6.45) is 5.96. The van der Waals surface area contributed by atoms with Crippen LogP contribution >= 0.6 is 11.3 Å². The molecule has 7 heteroatoms. The first-order valence-corrected chi connectivity index (χ1v) is 16.5. The number of carbonyl (C=O) groups is 2. The van der Waals surface area contributed by atoms with E-state index in [9.17, 15) is 9.59 Å². The van der Waals surface area contributed by atoms with E-state index < -0.39 is 12.0 Å². The summed E-state index contributed by atoms with van der Waals surface area (Å²) in [7, 11) is 1.35. The molecule has 0 unspecified atom stereocenters. The fourth-order valence-corrected chi connectivity index (χ4v) is 6.92. The number of thiophene rings is 1. The van der Waals surface area contributed by atoms with E-state index in [0.29, 0.717) is 24.0 Å². The molecule has 0 bridgehead atoms. The van der Waals surface area contributed by atoms with Crippen LogP contribution in [0.1, 0.15) is 97.7 Å². The molecule has 0 spiro atoms. The topological polar surface area (TPSA) is 77.5 Å². The van der Waals surface area contributed by atoms with E-state index >= 15 is 0 Å². The molecule has 6 nitrogen and oxygen atoms in total. The lowest BCUT2D eigenvalue weighted by atomic mass is 9.87. The van der Waals surface area contributed by atoms with E-state index in [0.717, 1.165) is 39.3 Å². The standard InChI is InChI=1S/C37H44N2O4S/c1-23(2)34-18-17-29(44-34)22-33(36(41)42-6)39-35(40)32-20-25-11-14-28(43-27-15-12-26(13-16-27)37(3,4)5)21-30(25)31(38-32)19-24-9-7-8-10-24/h11-18,20-21,23-24,33H,7-10,19,22H2,1-6H3,(H,39,40)/t33-/m1/s1. The van der Waals surface area contributed by atoms with Crippen LogP contribution in [0.3, 0.4) is 0 Å². The lowest BCUT2D eigenvalue weighted by molar-refractivity contribution is -0.142. The van der Waals surface area contributed by atoms with Gasteiger partial charge in [0.1, 0.15) is 23.2 Å². The number of aromatic nitrogens is 1. The summed E-state index contributed by atoms with van der Waals surface area (Å²) in [5.74, 6) is 1.60. The number of benzene rings is 2. The highest BCUT2D eigenvalue weighted by Crippen LogP contribution is 2.33. The summed E-state index contributed by atoms with van der Waals surface area (Å²) in [5, 5.41) is 4.83. The smallest absolute Gasteiger partial charge is 0.328 e. The molecule has 2 aromatic heterocycles. The molecule has 0 radical (unpaired) electrons. The first-order valence-electron chi connectivity index (χ1n) is 15.7. The molecule has 1 amide bonds. The highest BCUT2D eigenvalue weighted by atomic mass is 32.1. The molecule has 5 rings (SSSR count). The number of fused-ring (bicyclic) bond motifs is 1. The third-order valence-electron chi connectivity index (χ3n) is 8.48. The molecule has 1 N–H and O–H groups in total. The van der Waals surface area contributed by atoms with Crippen LogP contribution < -0.4 is 10.1 Å². The minimum Gasteiger partial charge on any atom is -0.467 e. The molecule has 232 valence electrons. The molecule has 2 heterocycles. The largest absolute Gasteiger partial charge is 0.467 e. The van der Waals surface area contributed by atoms with Crippen molar-refractivity contribution in [1.29, 1.82) is 0 Å². The molecule has 0 saturated heterocycles. The quantitative estimate of drug-likeness (QED) is 0.181. The van der Waals surface area contributed by atoms with Crippen molar-refractivity contribution in [2.75, 3.05) is 7.11 Å². The van der Waals surface area contributed by atoms with Crippen LogP contribution in [-0.4, -0.2) is 30.0 Å². The van der Waals surface area contributed by atoms with Gasteiger partial charge in [-0.1, -0.05) is 78.5 Å². The summed E-state index contributed by atoms with van der Waals surface area (Å²) in [6, 6.07) is 19.3. The number of carbonyl (C=O) groups excluding carboxylic acids is 2. The molecule has 44 heavy (non-hydrogen) atoms. The van der Waals surface area contributed by atoms with E-state index in [2.05, 4.69) is 58.1 Å². The maximum atomic E-state index is 13.6. The SMILES string of the molecule is COC(=O)[C@@H](Cc1ccc(C(C)C)s1)NC(=O)c1cc2ccc(Oc3ccc(C(C)(C)C)cc3)cc2c(CC2CCCC2)n1. The predicted molar refractivity (Wildman–Crippen MR) is 178 cm³/mol. The number of ether oxygens (including phenoxy) is 2. The Morgan fingerprint density at radius 3 is 2.32 bits per heavy atom. The molecule has 1 saturated carbocycles. The van der Waals surface area contributed by atoms with Gasteiger partial charge in [0, 0.05) is 27.3 Å². The van der Waals surface area contributed by atoms with Crippen molar-refractivity contribution in [2.24, 2.45) is 5.92 Å². The van der Waals surface area contributed by atoms with Crippen molar-refractivity contribution in [3.8, 4) is 11.5 Å². The number of pyridine rings is 1. The van der Waals surface area contributed by atoms with Crippen LogP contribution in [0, 0.1) is 5.92 Å². The average Bonchev–Trinajstić information content (AvgIpc) is 3.69. The van der Waals surface area contributed by atoms with E-state index in [-0.39, 0.29) is 11.3 Å². The number of hydrogen-bond donors (Lipinski definition) is 1. The number of esters is 1. The van der Waals surface area contributed by atoms with Crippen LogP contribution in [0.2, 0.25) is 0 Å². The third kappa shape index (κ3) is 7.68. The number of hydrogen-bond acceptors (Lipinski definition) is 6. The first-order chi connectivity index (χ1) is 21.0. The highest BCUT2D eigenvalue weighted by Gasteiger charge is 2.26. The van der Waals surface area contributed by atoms with Gasteiger partial charge in [-0.2, -0.15) is 0 Å². The van der Waals surface area contributed by atoms with Crippen molar-refractivity contribution in [2.45, 2.75) is 90.5 Å². The maximum Gasteiger partial charge on any atom is 0.328 e. The van der Waals surface area contributed by atoms with Crippen LogP contribution in [0.15, 0.2) is 60.7 Å². The summed E-state index contributed by atoms with van der Waals surface area (Å²) in [6.45, 7) is 10.9. The number of nitrogens with one attached hydrogen (secondary N) is 1. The Kier molecular flexibility index (Phi) is 9.74. The molecular weight excluding hydrogens is 568 g/mol. The van der Waals surface area contributed by atoms with Crippen molar-refractivity contribution in [3.63, 3.8) is 0 Å². The Bertz CT molecular complexity index is 1610. The van der Waals surface area contributed by atoms with Crippen LogP contribution in [-0.2, 0) is 27.8 Å². The second kappa shape index (κ2) is 13.5. The van der Waals surface area contributed by atoms with Crippen molar-refractivity contribution >= 4 is 34.0 Å². The van der Waals surface area contributed by atoms with E-state index in [1.165, 1.54) is 43.2 Å². The fourth-order valence-electron chi connectivity index (χ4n) is 5.86. The molecule has 1 aliphatic rings. The third-order valence-corrected chi connectivity index (χ3v) is 9.88. The number of nitrogens with zero attached hydrogens (tertiary/aromatic N) is 1. The molecule has 2 aromatic carbocycles. The minimum absolute atomic E-state index is 0.0738. The van der Waals surface area contributed by atoms with Gasteiger partial charge in [0.15, 0.2) is 0 Å². The van der Waals surface area contributed by atoms with Crippen molar-refractivity contribution in [3.05, 3.63) is 87.4 Å². The van der Waals surface area contributed by atoms with E-state index in [1.54, 1.807) is 17.4 Å². The first kappa shape index (κ1) is 31.7. The zero-order valence-corrected chi connectivity index (χ0v) is 27.6. The summed E-state index contributed by atoms with van der Waals surface area (Å²) < 4.78 is 11.3. The number of rotatable bonds is 10. The Hall–Kier alpha value is -3.71. The van der Waals surface area contributed by atoms with Gasteiger partial charge in [0.05, 0.1) is 7.11 Å². The highest BCUT2D eigenvalue weighted by molar-refractivity contribution is 7.12. The normalized spacial score (nSPS) is 14.6. The molecule has 1 fully saturated rings. The summed E-state index contributed by atoms with van der Waals surface area (Å²) in [5.41, 5.74) is 2.52.